The van der Waals surface area contributed by atoms with E-state index in [1.54, 1.807) is 0 Å². The van der Waals surface area contributed by atoms with E-state index in [1.807, 2.05) is 30.3 Å². The molecule has 0 atom stereocenters. The number of nitrogens with zero attached hydrogens (tertiary/aromatic N) is 1. The molecule has 1 saturated carbocycles. The van der Waals surface area contributed by atoms with E-state index in [-0.39, 0.29) is 5.91 Å². The molecule has 0 radical (unpaired) electrons. The van der Waals surface area contributed by atoms with Gasteiger partial charge in [-0.3, -0.25) is 4.79 Å². The van der Waals surface area contributed by atoms with Crippen LogP contribution in [0.4, 0.5) is 0 Å². The molecule has 1 aromatic rings. The van der Waals surface area contributed by atoms with Crippen LogP contribution in [0.1, 0.15) is 81.0 Å². The Bertz CT molecular complexity index is 454. The fourth-order valence-electron chi connectivity index (χ4n) is 2.92. The number of benzene rings is 1. The summed E-state index contributed by atoms with van der Waals surface area (Å²) in [5.74, 6) is -0.112. The number of amides is 1. The third kappa shape index (κ3) is 6.42. The molecule has 1 amide bonds. The Hall–Kier alpha value is -1.64. The molecule has 0 spiro atoms. The average molecular weight is 300 g/mol. The molecule has 3 heteroatoms. The van der Waals surface area contributed by atoms with Crippen molar-refractivity contribution in [3.8, 4) is 0 Å². The van der Waals surface area contributed by atoms with Crippen LogP contribution in [0, 0.1) is 0 Å². The van der Waals surface area contributed by atoms with Crippen molar-refractivity contribution in [2.24, 2.45) is 5.10 Å². The van der Waals surface area contributed by atoms with E-state index >= 15 is 0 Å². The van der Waals surface area contributed by atoms with Crippen molar-refractivity contribution >= 4 is 11.6 Å². The zero-order valence-electron chi connectivity index (χ0n) is 13.5. The van der Waals surface area contributed by atoms with E-state index in [9.17, 15) is 4.79 Å². The van der Waals surface area contributed by atoms with Gasteiger partial charge in [-0.2, -0.15) is 5.10 Å². The van der Waals surface area contributed by atoms with Crippen molar-refractivity contribution in [3.05, 3.63) is 35.9 Å². The zero-order valence-corrected chi connectivity index (χ0v) is 13.5. The second-order valence-electron chi connectivity index (χ2n) is 6.17. The van der Waals surface area contributed by atoms with Crippen LogP contribution in [0.3, 0.4) is 0 Å². The summed E-state index contributed by atoms with van der Waals surface area (Å²) < 4.78 is 0. The Morgan fingerprint density at radius 2 is 1.27 bits per heavy atom. The summed E-state index contributed by atoms with van der Waals surface area (Å²) in [7, 11) is 0. The van der Waals surface area contributed by atoms with Crippen molar-refractivity contribution in [2.45, 2.75) is 70.6 Å². The van der Waals surface area contributed by atoms with Crippen LogP contribution in [-0.4, -0.2) is 11.6 Å². The smallest absolute Gasteiger partial charge is 0.267 e. The first kappa shape index (κ1) is 16.7. The maximum Gasteiger partial charge on any atom is 0.271 e. The van der Waals surface area contributed by atoms with Gasteiger partial charge in [-0.25, -0.2) is 5.43 Å². The lowest BCUT2D eigenvalue weighted by molar-refractivity contribution is 0.0954. The molecule has 1 fully saturated rings. The molecule has 22 heavy (non-hydrogen) atoms. The van der Waals surface area contributed by atoms with Crippen LogP contribution in [0.5, 0.6) is 0 Å². The monoisotopic (exact) mass is 300 g/mol. The van der Waals surface area contributed by atoms with Crippen LogP contribution < -0.4 is 5.43 Å². The van der Waals surface area contributed by atoms with Crippen molar-refractivity contribution in [1.82, 2.24) is 5.43 Å². The minimum atomic E-state index is -0.112. The molecule has 120 valence electrons. The van der Waals surface area contributed by atoms with Gasteiger partial charge in [0.15, 0.2) is 0 Å². The quantitative estimate of drug-likeness (QED) is 0.760. The number of carbonyl (C=O) groups excluding carboxylic acids is 1. The Morgan fingerprint density at radius 1 is 0.773 bits per heavy atom. The number of hydrazone groups is 1. The topological polar surface area (TPSA) is 41.5 Å². The summed E-state index contributed by atoms with van der Waals surface area (Å²) in [4.78, 5) is 12.0. The van der Waals surface area contributed by atoms with Gasteiger partial charge in [0, 0.05) is 11.3 Å². The van der Waals surface area contributed by atoms with Crippen molar-refractivity contribution in [2.75, 3.05) is 0 Å². The lowest BCUT2D eigenvalue weighted by atomic mass is 10.00. The van der Waals surface area contributed by atoms with Gasteiger partial charge in [0.2, 0.25) is 0 Å². The van der Waals surface area contributed by atoms with E-state index in [0.717, 1.165) is 18.6 Å². The van der Waals surface area contributed by atoms with Gasteiger partial charge >= 0.3 is 0 Å². The summed E-state index contributed by atoms with van der Waals surface area (Å²) in [5.41, 5.74) is 4.55. The van der Waals surface area contributed by atoms with E-state index in [1.165, 1.54) is 57.8 Å². The highest BCUT2D eigenvalue weighted by Gasteiger charge is 2.06. The molecule has 0 heterocycles. The highest BCUT2D eigenvalue weighted by Crippen LogP contribution is 2.15. The SMILES string of the molecule is O=C(NN=C1CCCCCCCCCCC1)c1ccccc1. The second-order valence-corrected chi connectivity index (χ2v) is 6.17. The highest BCUT2D eigenvalue weighted by molar-refractivity contribution is 5.95. The third-order valence-electron chi connectivity index (χ3n) is 4.28. The molecule has 3 nitrogen and oxygen atoms in total. The van der Waals surface area contributed by atoms with Gasteiger partial charge in [-0.15, -0.1) is 0 Å². The largest absolute Gasteiger partial charge is 0.271 e. The summed E-state index contributed by atoms with van der Waals surface area (Å²) in [5, 5.41) is 4.40. The molecule has 0 aliphatic heterocycles. The van der Waals surface area contributed by atoms with Crippen molar-refractivity contribution in [3.63, 3.8) is 0 Å². The van der Waals surface area contributed by atoms with Crippen LogP contribution in [0.2, 0.25) is 0 Å². The Kier molecular flexibility index (Phi) is 7.71. The molecule has 1 aliphatic rings. The summed E-state index contributed by atoms with van der Waals surface area (Å²) in [6.45, 7) is 0. The lowest BCUT2D eigenvalue weighted by Gasteiger charge is -2.09. The summed E-state index contributed by atoms with van der Waals surface area (Å²) >= 11 is 0. The molecule has 2 rings (SSSR count). The van der Waals surface area contributed by atoms with Crippen molar-refractivity contribution < 1.29 is 4.79 Å². The van der Waals surface area contributed by atoms with E-state index in [4.69, 9.17) is 0 Å². The number of hydrogen-bond donors (Lipinski definition) is 1. The van der Waals surface area contributed by atoms with E-state index in [2.05, 4.69) is 10.5 Å². The molecular formula is C19H28N2O. The normalized spacial score (nSPS) is 17.9. The fourth-order valence-corrected chi connectivity index (χ4v) is 2.92. The Labute approximate surface area is 134 Å². The van der Waals surface area contributed by atoms with Crippen LogP contribution in [0.15, 0.2) is 35.4 Å². The molecule has 0 saturated heterocycles. The third-order valence-corrected chi connectivity index (χ3v) is 4.28. The number of rotatable bonds is 2. The number of nitrogens with one attached hydrogen (secondary N) is 1. The fraction of sp³-hybridized carbons (Fsp3) is 0.579. The average Bonchev–Trinajstić information content (AvgIpc) is 2.55. The molecule has 0 unspecified atom stereocenters. The standard InChI is InChI=1S/C19H28N2O/c22-19(17-13-9-8-10-14-17)21-20-18-15-11-6-4-2-1-3-5-7-12-16-18/h8-10,13-14H,1-7,11-12,15-16H2,(H,21,22). The predicted molar refractivity (Wildman–Crippen MR) is 92.1 cm³/mol. The maximum absolute atomic E-state index is 12.0. The van der Waals surface area contributed by atoms with Gasteiger partial charge in [0.1, 0.15) is 0 Å². The number of carbonyl (C=O) groups is 1. The highest BCUT2D eigenvalue weighted by atomic mass is 16.2. The first-order valence-electron chi connectivity index (χ1n) is 8.77. The van der Waals surface area contributed by atoms with Crippen LogP contribution in [0.25, 0.3) is 0 Å². The Balaban J connectivity index is 1.86. The van der Waals surface area contributed by atoms with E-state index in [0.29, 0.717) is 5.56 Å². The molecule has 0 aromatic heterocycles. The van der Waals surface area contributed by atoms with Crippen molar-refractivity contribution in [1.29, 1.82) is 0 Å². The lowest BCUT2D eigenvalue weighted by Crippen LogP contribution is -2.19. The van der Waals surface area contributed by atoms with E-state index < -0.39 is 0 Å². The van der Waals surface area contributed by atoms with Gasteiger partial charge in [0.25, 0.3) is 5.91 Å². The van der Waals surface area contributed by atoms with Crippen LogP contribution >= 0.6 is 0 Å². The molecule has 1 N–H and O–H groups in total. The van der Waals surface area contributed by atoms with Gasteiger partial charge in [0.05, 0.1) is 0 Å². The zero-order chi connectivity index (χ0) is 15.5. The minimum Gasteiger partial charge on any atom is -0.267 e. The van der Waals surface area contributed by atoms with Gasteiger partial charge < -0.3 is 0 Å². The second kappa shape index (κ2) is 10.1. The van der Waals surface area contributed by atoms with Crippen LogP contribution in [-0.2, 0) is 0 Å². The predicted octanol–water partition coefficient (Wildman–Crippen LogP) is 5.08. The molecular weight excluding hydrogens is 272 g/mol. The Morgan fingerprint density at radius 3 is 1.82 bits per heavy atom. The first-order valence-corrected chi connectivity index (χ1v) is 8.77. The van der Waals surface area contributed by atoms with Gasteiger partial charge in [-0.1, -0.05) is 63.1 Å². The summed E-state index contributed by atoms with van der Waals surface area (Å²) in [6, 6.07) is 9.29. The number of hydrogen-bond acceptors (Lipinski definition) is 2. The molecule has 1 aliphatic carbocycles. The minimum absolute atomic E-state index is 0.112. The maximum atomic E-state index is 12.0. The molecule has 0 bridgehead atoms. The molecule has 1 aromatic carbocycles. The summed E-state index contributed by atoms with van der Waals surface area (Å²) in [6.07, 6.45) is 13.8. The van der Waals surface area contributed by atoms with Gasteiger partial charge in [-0.05, 0) is 37.8 Å². The first-order chi connectivity index (χ1) is 10.9.